The zero-order valence-electron chi connectivity index (χ0n) is 13.2. The molecule has 0 bridgehead atoms. The van der Waals surface area contributed by atoms with E-state index in [4.69, 9.17) is 9.47 Å². The number of carbonyl (C=O) groups is 3. The highest BCUT2D eigenvalue weighted by atomic mass is 16.5. The van der Waals surface area contributed by atoms with Crippen LogP contribution in [-0.4, -0.2) is 49.3 Å². The number of anilines is 1. The number of methoxy groups -OCH3 is 2. The van der Waals surface area contributed by atoms with Crippen molar-refractivity contribution in [1.82, 2.24) is 4.90 Å². The van der Waals surface area contributed by atoms with E-state index in [2.05, 4.69) is 0 Å². The van der Waals surface area contributed by atoms with Crippen molar-refractivity contribution in [3.8, 4) is 0 Å². The number of ether oxygens (including phenoxy) is 2. The van der Waals surface area contributed by atoms with Crippen molar-refractivity contribution in [2.75, 3.05) is 19.1 Å². The molecule has 0 aliphatic carbocycles. The molecule has 1 aromatic rings. The predicted octanol–water partition coefficient (Wildman–Crippen LogP) is 1.48. The minimum Gasteiger partial charge on any atom is -0.467 e. The van der Waals surface area contributed by atoms with E-state index < -0.39 is 24.3 Å². The van der Waals surface area contributed by atoms with Gasteiger partial charge in [-0.2, -0.15) is 0 Å². The smallest absolute Gasteiger partial charge is 0.411 e. The van der Waals surface area contributed by atoms with Crippen LogP contribution in [-0.2, 0) is 19.1 Å². The summed E-state index contributed by atoms with van der Waals surface area (Å²) >= 11 is 0. The van der Waals surface area contributed by atoms with Crippen molar-refractivity contribution in [2.24, 2.45) is 0 Å². The van der Waals surface area contributed by atoms with Crippen LogP contribution in [0.2, 0.25) is 0 Å². The van der Waals surface area contributed by atoms with Gasteiger partial charge in [-0.05, 0) is 18.1 Å². The fourth-order valence-electron chi connectivity index (χ4n) is 3.65. The highest BCUT2D eigenvalue weighted by Gasteiger charge is 2.56. The molecule has 1 saturated heterocycles. The molecule has 2 aliphatic rings. The Kier molecular flexibility index (Phi) is 3.71. The van der Waals surface area contributed by atoms with Crippen LogP contribution in [0, 0.1) is 0 Å². The van der Waals surface area contributed by atoms with Crippen molar-refractivity contribution in [2.45, 2.75) is 31.5 Å². The summed E-state index contributed by atoms with van der Waals surface area (Å²) in [7, 11) is 2.53. The maximum Gasteiger partial charge on any atom is 0.411 e. The average Bonchev–Trinajstić information content (AvgIpc) is 3.07. The molecule has 3 rings (SSSR count). The topological polar surface area (TPSA) is 76.2 Å². The number of benzene rings is 1. The molecular formula is C16H18N2O5. The normalized spacial score (nSPS) is 24.9. The van der Waals surface area contributed by atoms with Crippen LogP contribution in [0.4, 0.5) is 10.5 Å². The van der Waals surface area contributed by atoms with Crippen LogP contribution in [0.1, 0.15) is 24.8 Å². The summed E-state index contributed by atoms with van der Waals surface area (Å²) in [4.78, 5) is 39.4. The molecule has 0 N–H and O–H groups in total. The van der Waals surface area contributed by atoms with Crippen LogP contribution in [0.3, 0.4) is 0 Å². The van der Waals surface area contributed by atoms with E-state index in [1.165, 1.54) is 26.0 Å². The van der Waals surface area contributed by atoms with Crippen LogP contribution < -0.4 is 4.90 Å². The Hall–Kier alpha value is -2.57. The molecule has 0 unspecified atom stereocenters. The molecule has 1 fully saturated rings. The molecule has 122 valence electrons. The van der Waals surface area contributed by atoms with Gasteiger partial charge >= 0.3 is 12.1 Å². The number of rotatable bonds is 1. The number of carbonyl (C=O) groups excluding carboxylic acids is 3. The lowest BCUT2D eigenvalue weighted by Gasteiger charge is -2.33. The average molecular weight is 318 g/mol. The summed E-state index contributed by atoms with van der Waals surface area (Å²) in [6.45, 7) is 1.44. The Morgan fingerprint density at radius 2 is 1.83 bits per heavy atom. The van der Waals surface area contributed by atoms with Gasteiger partial charge in [0.15, 0.2) is 0 Å². The first kappa shape index (κ1) is 15.3. The summed E-state index contributed by atoms with van der Waals surface area (Å²) in [5.74, 6) is -0.839. The molecule has 2 amide bonds. The quantitative estimate of drug-likeness (QED) is 0.733. The van der Waals surface area contributed by atoms with Crippen molar-refractivity contribution in [3.63, 3.8) is 0 Å². The standard InChI is InChI=1S/C16H18N2O5/c1-9(19)17-12-7-5-4-6-10(12)11-8-13(15(20)22-2)18(14(11)17)16(21)23-3/h4-7,11,13-14H,8H2,1-3H3/t11-,13-,14+/m0/s1. The number of nitrogens with zero attached hydrogens (tertiary/aromatic N) is 2. The zero-order valence-corrected chi connectivity index (χ0v) is 13.2. The number of hydrogen-bond donors (Lipinski definition) is 0. The molecule has 0 saturated carbocycles. The Bertz CT molecular complexity index is 674. The molecule has 7 nitrogen and oxygen atoms in total. The van der Waals surface area contributed by atoms with E-state index in [0.717, 1.165) is 11.3 Å². The highest BCUT2D eigenvalue weighted by Crippen LogP contribution is 2.50. The Morgan fingerprint density at radius 1 is 1.13 bits per heavy atom. The van der Waals surface area contributed by atoms with Gasteiger partial charge in [0, 0.05) is 18.5 Å². The Balaban J connectivity index is 2.10. The molecule has 2 aliphatic heterocycles. The van der Waals surface area contributed by atoms with Crippen molar-refractivity contribution >= 4 is 23.7 Å². The summed E-state index contributed by atoms with van der Waals surface area (Å²) in [6, 6.07) is 6.73. The molecule has 0 radical (unpaired) electrons. The van der Waals surface area contributed by atoms with Crippen molar-refractivity contribution in [1.29, 1.82) is 0 Å². The molecular weight excluding hydrogens is 300 g/mol. The van der Waals surface area contributed by atoms with Crippen molar-refractivity contribution < 1.29 is 23.9 Å². The third-order valence-corrected chi connectivity index (χ3v) is 4.52. The lowest BCUT2D eigenvalue weighted by Crippen LogP contribution is -2.53. The van der Waals surface area contributed by atoms with E-state index in [9.17, 15) is 14.4 Å². The molecule has 23 heavy (non-hydrogen) atoms. The molecule has 7 heteroatoms. The third-order valence-electron chi connectivity index (χ3n) is 4.52. The number of esters is 1. The molecule has 3 atom stereocenters. The minimum atomic E-state index is -0.766. The molecule has 0 aromatic heterocycles. The van der Waals surface area contributed by atoms with Gasteiger partial charge in [0.2, 0.25) is 5.91 Å². The summed E-state index contributed by atoms with van der Waals surface area (Å²) < 4.78 is 9.65. The van der Waals surface area contributed by atoms with Crippen LogP contribution in [0.15, 0.2) is 24.3 Å². The lowest BCUT2D eigenvalue weighted by molar-refractivity contribution is -0.146. The Morgan fingerprint density at radius 3 is 2.43 bits per heavy atom. The van der Waals surface area contributed by atoms with Gasteiger partial charge < -0.3 is 9.47 Å². The van der Waals surface area contributed by atoms with Gasteiger partial charge in [-0.1, -0.05) is 18.2 Å². The van der Waals surface area contributed by atoms with E-state index >= 15 is 0 Å². The second-order valence-electron chi connectivity index (χ2n) is 5.62. The van der Waals surface area contributed by atoms with E-state index in [0.29, 0.717) is 6.42 Å². The summed E-state index contributed by atoms with van der Waals surface area (Å²) in [5.41, 5.74) is 1.72. The first-order chi connectivity index (χ1) is 11.0. The van der Waals surface area contributed by atoms with Crippen LogP contribution in [0.25, 0.3) is 0 Å². The van der Waals surface area contributed by atoms with Crippen molar-refractivity contribution in [3.05, 3.63) is 29.8 Å². The first-order valence-electron chi connectivity index (χ1n) is 7.34. The van der Waals surface area contributed by atoms with E-state index in [-0.39, 0.29) is 11.8 Å². The molecule has 1 aromatic carbocycles. The monoisotopic (exact) mass is 318 g/mol. The number of likely N-dealkylation sites (tertiary alicyclic amines) is 1. The Labute approximate surface area is 133 Å². The maximum atomic E-state index is 12.3. The van der Waals surface area contributed by atoms with Gasteiger partial charge in [-0.15, -0.1) is 0 Å². The van der Waals surface area contributed by atoms with Gasteiger partial charge in [0.25, 0.3) is 0 Å². The third kappa shape index (κ3) is 2.15. The second kappa shape index (κ2) is 5.57. The number of para-hydroxylation sites is 1. The SMILES string of the molecule is COC(=O)[C@@H]1C[C@H]2c3ccccc3N(C(C)=O)[C@@H]2N1C(=O)OC. The van der Waals surface area contributed by atoms with Gasteiger partial charge in [-0.25, -0.2) is 9.59 Å². The zero-order chi connectivity index (χ0) is 16.7. The van der Waals surface area contributed by atoms with E-state index in [1.807, 2.05) is 24.3 Å². The molecule has 2 heterocycles. The summed E-state index contributed by atoms with van der Waals surface area (Å²) in [6.07, 6.45) is -0.818. The number of amides is 2. The van der Waals surface area contributed by atoms with Crippen LogP contribution >= 0.6 is 0 Å². The lowest BCUT2D eigenvalue weighted by atomic mass is 9.96. The van der Waals surface area contributed by atoms with Gasteiger partial charge in [0.1, 0.15) is 12.2 Å². The predicted molar refractivity (Wildman–Crippen MR) is 80.8 cm³/mol. The van der Waals surface area contributed by atoms with Crippen LogP contribution in [0.5, 0.6) is 0 Å². The first-order valence-corrected chi connectivity index (χ1v) is 7.34. The fourth-order valence-corrected chi connectivity index (χ4v) is 3.65. The molecule has 0 spiro atoms. The fraction of sp³-hybridized carbons (Fsp3) is 0.438. The largest absolute Gasteiger partial charge is 0.467 e. The minimum absolute atomic E-state index is 0.140. The highest BCUT2D eigenvalue weighted by molar-refractivity contribution is 5.97. The maximum absolute atomic E-state index is 12.3. The van der Waals surface area contributed by atoms with Gasteiger partial charge in [-0.3, -0.25) is 14.6 Å². The van der Waals surface area contributed by atoms with Gasteiger partial charge in [0.05, 0.1) is 14.2 Å². The number of hydrogen-bond acceptors (Lipinski definition) is 5. The summed E-state index contributed by atoms with van der Waals surface area (Å²) in [5, 5.41) is 0. The van der Waals surface area contributed by atoms with E-state index in [1.54, 1.807) is 4.90 Å². The second-order valence-corrected chi connectivity index (χ2v) is 5.62. The number of fused-ring (bicyclic) bond motifs is 3.